The van der Waals surface area contributed by atoms with Crippen molar-refractivity contribution in [2.75, 3.05) is 32.1 Å². The first-order valence-electron chi connectivity index (χ1n) is 5.94. The molecule has 0 aromatic rings. The third-order valence-electron chi connectivity index (χ3n) is 3.68. The molecule has 0 spiro atoms. The Morgan fingerprint density at radius 1 is 1.33 bits per heavy atom. The van der Waals surface area contributed by atoms with E-state index >= 15 is 0 Å². The Kier molecular flexibility index (Phi) is 7.66. The van der Waals surface area contributed by atoms with Crippen LogP contribution in [0.5, 0.6) is 0 Å². The van der Waals surface area contributed by atoms with E-state index in [4.69, 9.17) is 5.73 Å². The summed E-state index contributed by atoms with van der Waals surface area (Å²) in [5.74, 6) is 1.20. The number of nitrogens with zero attached hydrogens (tertiary/aromatic N) is 1. The molecule has 0 aliphatic heterocycles. The van der Waals surface area contributed by atoms with Crippen molar-refractivity contribution < 1.29 is 0 Å². The Morgan fingerprint density at radius 2 is 1.87 bits per heavy atom. The van der Waals surface area contributed by atoms with Gasteiger partial charge in [0, 0.05) is 18.3 Å². The first kappa shape index (κ1) is 15.3. The monoisotopic (exact) mass is 232 g/mol. The van der Waals surface area contributed by atoms with E-state index in [0.29, 0.717) is 11.5 Å². The molecule has 0 saturated heterocycles. The highest BCUT2D eigenvalue weighted by Gasteiger charge is 2.27. The largest absolute Gasteiger partial charge is 0.330 e. The predicted octanol–water partition coefficient (Wildman–Crippen LogP) is 2.43. The van der Waals surface area contributed by atoms with Crippen LogP contribution in [0.1, 0.15) is 33.6 Å². The third-order valence-corrected chi connectivity index (χ3v) is 4.49. The maximum Gasteiger partial charge on any atom is 0.0155 e. The maximum atomic E-state index is 5.92. The fourth-order valence-electron chi connectivity index (χ4n) is 1.88. The van der Waals surface area contributed by atoms with E-state index in [1.165, 1.54) is 18.6 Å². The molecule has 0 bridgehead atoms. The molecule has 1 unspecified atom stereocenters. The lowest BCUT2D eigenvalue weighted by Crippen LogP contribution is -2.44. The molecule has 1 atom stereocenters. The van der Waals surface area contributed by atoms with Gasteiger partial charge in [0.15, 0.2) is 0 Å². The molecule has 0 aliphatic carbocycles. The van der Waals surface area contributed by atoms with Gasteiger partial charge in [-0.05, 0) is 45.0 Å². The fourth-order valence-corrected chi connectivity index (χ4v) is 2.62. The zero-order valence-electron chi connectivity index (χ0n) is 11.0. The molecule has 0 aliphatic rings. The van der Waals surface area contributed by atoms with Crippen LogP contribution in [0.3, 0.4) is 0 Å². The van der Waals surface area contributed by atoms with Crippen molar-refractivity contribution in [1.29, 1.82) is 0 Å². The molecule has 0 amide bonds. The lowest BCUT2D eigenvalue weighted by molar-refractivity contribution is 0.144. The van der Waals surface area contributed by atoms with Gasteiger partial charge in [0.25, 0.3) is 0 Å². The van der Waals surface area contributed by atoms with Crippen molar-refractivity contribution in [3.63, 3.8) is 0 Å². The molecular formula is C12H28N2S. The molecule has 0 aromatic heterocycles. The number of nitrogens with two attached hydrogens (primary N) is 1. The van der Waals surface area contributed by atoms with Crippen LogP contribution in [0.25, 0.3) is 0 Å². The molecule has 0 fully saturated rings. The quantitative estimate of drug-likeness (QED) is 0.697. The van der Waals surface area contributed by atoms with Gasteiger partial charge in [-0.15, -0.1) is 0 Å². The van der Waals surface area contributed by atoms with Crippen molar-refractivity contribution in [1.82, 2.24) is 4.90 Å². The van der Waals surface area contributed by atoms with Gasteiger partial charge < -0.3 is 10.6 Å². The number of rotatable bonds is 8. The van der Waals surface area contributed by atoms with Crippen molar-refractivity contribution in [2.24, 2.45) is 11.1 Å². The minimum absolute atomic E-state index is 0.321. The second-order valence-corrected chi connectivity index (χ2v) is 5.54. The van der Waals surface area contributed by atoms with Crippen molar-refractivity contribution >= 4 is 11.8 Å². The Balaban J connectivity index is 4.27. The van der Waals surface area contributed by atoms with Gasteiger partial charge in [-0.3, -0.25) is 0 Å². The van der Waals surface area contributed by atoms with E-state index in [9.17, 15) is 0 Å². The van der Waals surface area contributed by atoms with Crippen LogP contribution >= 0.6 is 11.8 Å². The number of hydrogen-bond acceptors (Lipinski definition) is 3. The average Bonchev–Trinajstić information content (AvgIpc) is 2.26. The van der Waals surface area contributed by atoms with Crippen molar-refractivity contribution in [3.8, 4) is 0 Å². The molecular weight excluding hydrogens is 204 g/mol. The Labute approximate surface area is 100.0 Å². The van der Waals surface area contributed by atoms with Crippen LogP contribution in [-0.2, 0) is 0 Å². The van der Waals surface area contributed by atoms with Gasteiger partial charge in [-0.25, -0.2) is 0 Å². The minimum atomic E-state index is 0.321. The summed E-state index contributed by atoms with van der Waals surface area (Å²) in [5.41, 5.74) is 6.24. The molecule has 0 heterocycles. The van der Waals surface area contributed by atoms with Gasteiger partial charge in [-0.2, -0.15) is 11.8 Å². The van der Waals surface area contributed by atoms with Crippen molar-refractivity contribution in [3.05, 3.63) is 0 Å². The molecule has 3 heteroatoms. The summed E-state index contributed by atoms with van der Waals surface area (Å²) < 4.78 is 0. The Hall–Kier alpha value is 0.270. The molecule has 0 saturated carbocycles. The zero-order chi connectivity index (χ0) is 11.9. The summed E-state index contributed by atoms with van der Waals surface area (Å²) in [7, 11) is 2.22. The van der Waals surface area contributed by atoms with Gasteiger partial charge in [0.2, 0.25) is 0 Å². The van der Waals surface area contributed by atoms with Gasteiger partial charge in [-0.1, -0.05) is 13.8 Å². The molecule has 0 rings (SSSR count). The maximum absolute atomic E-state index is 5.92. The summed E-state index contributed by atoms with van der Waals surface area (Å²) >= 11 is 1.91. The van der Waals surface area contributed by atoms with E-state index < -0.39 is 0 Å². The van der Waals surface area contributed by atoms with Crippen molar-refractivity contribution in [2.45, 2.75) is 39.7 Å². The van der Waals surface area contributed by atoms with E-state index in [2.05, 4.69) is 39.0 Å². The third kappa shape index (κ3) is 4.75. The number of thioether (sulfide) groups is 1. The average molecular weight is 232 g/mol. The summed E-state index contributed by atoms with van der Waals surface area (Å²) in [4.78, 5) is 2.45. The van der Waals surface area contributed by atoms with E-state index in [1.807, 2.05) is 11.8 Å². The summed E-state index contributed by atoms with van der Waals surface area (Å²) in [6.45, 7) is 8.73. The van der Waals surface area contributed by atoms with Crippen LogP contribution in [0.15, 0.2) is 0 Å². The summed E-state index contributed by atoms with van der Waals surface area (Å²) in [5, 5.41) is 0. The Morgan fingerprint density at radius 3 is 2.20 bits per heavy atom. The van der Waals surface area contributed by atoms with E-state index in [-0.39, 0.29) is 0 Å². The molecule has 2 N–H and O–H groups in total. The van der Waals surface area contributed by atoms with Gasteiger partial charge >= 0.3 is 0 Å². The minimum Gasteiger partial charge on any atom is -0.330 e. The fraction of sp³-hybridized carbons (Fsp3) is 1.00. The molecule has 0 radical (unpaired) electrons. The second-order valence-electron chi connectivity index (χ2n) is 4.63. The van der Waals surface area contributed by atoms with Gasteiger partial charge in [0.1, 0.15) is 0 Å². The number of hydrogen-bond donors (Lipinski definition) is 1. The lowest BCUT2D eigenvalue weighted by Gasteiger charge is -2.37. The highest BCUT2D eigenvalue weighted by Crippen LogP contribution is 2.26. The Bertz CT molecular complexity index is 149. The topological polar surface area (TPSA) is 29.3 Å². The highest BCUT2D eigenvalue weighted by molar-refractivity contribution is 7.98. The summed E-state index contributed by atoms with van der Waals surface area (Å²) in [6, 6.07) is 0.643. The van der Waals surface area contributed by atoms with Crippen LogP contribution in [0.4, 0.5) is 0 Å². The van der Waals surface area contributed by atoms with Crippen LogP contribution < -0.4 is 5.73 Å². The second kappa shape index (κ2) is 7.53. The SMILES string of the molecule is CCC(CC)(CN)CN(C)C(C)CSC. The predicted molar refractivity (Wildman–Crippen MR) is 72.5 cm³/mol. The normalized spacial score (nSPS) is 14.6. The first-order chi connectivity index (χ1) is 7.05. The van der Waals surface area contributed by atoms with E-state index in [1.54, 1.807) is 0 Å². The standard InChI is InChI=1S/C12H28N2S/c1-6-12(7-2,9-13)10-14(4)11(3)8-15-5/h11H,6-10,13H2,1-5H3. The van der Waals surface area contributed by atoms with Gasteiger partial charge in [0.05, 0.1) is 0 Å². The lowest BCUT2D eigenvalue weighted by atomic mass is 9.82. The zero-order valence-corrected chi connectivity index (χ0v) is 11.9. The highest BCUT2D eigenvalue weighted by atomic mass is 32.2. The molecule has 92 valence electrons. The van der Waals surface area contributed by atoms with Crippen LogP contribution in [0, 0.1) is 5.41 Å². The summed E-state index contributed by atoms with van der Waals surface area (Å²) in [6.07, 6.45) is 4.52. The molecule has 15 heavy (non-hydrogen) atoms. The smallest absolute Gasteiger partial charge is 0.0155 e. The molecule has 2 nitrogen and oxygen atoms in total. The van der Waals surface area contributed by atoms with E-state index in [0.717, 1.165) is 13.1 Å². The first-order valence-corrected chi connectivity index (χ1v) is 7.33. The van der Waals surface area contributed by atoms with Crippen LogP contribution in [0.2, 0.25) is 0 Å². The molecule has 0 aromatic carbocycles. The van der Waals surface area contributed by atoms with Crippen LogP contribution in [-0.4, -0.2) is 43.1 Å².